The van der Waals surface area contributed by atoms with Gasteiger partial charge in [0.05, 0.1) is 12.0 Å². The fourth-order valence-electron chi connectivity index (χ4n) is 3.11. The van der Waals surface area contributed by atoms with Crippen LogP contribution in [0.2, 0.25) is 0 Å². The molecule has 0 fully saturated rings. The minimum absolute atomic E-state index is 0.228. The summed E-state index contributed by atoms with van der Waals surface area (Å²) in [4.78, 5) is 11.8. The number of benzene rings is 2. The van der Waals surface area contributed by atoms with Crippen LogP contribution in [0, 0.1) is 6.92 Å². The highest BCUT2D eigenvalue weighted by Crippen LogP contribution is 2.23. The first-order chi connectivity index (χ1) is 14.9. The lowest BCUT2D eigenvalue weighted by Crippen LogP contribution is -2.41. The second kappa shape index (κ2) is 12.6. The number of aryl methyl sites for hydroxylation is 1. The van der Waals surface area contributed by atoms with Crippen LogP contribution in [0.4, 0.5) is 0 Å². The second-order valence-corrected chi connectivity index (χ2v) is 9.56. The van der Waals surface area contributed by atoms with Crippen LogP contribution in [-0.4, -0.2) is 43.7 Å². The van der Waals surface area contributed by atoms with E-state index in [4.69, 9.17) is 0 Å². The maximum absolute atomic E-state index is 13.6. The molecule has 2 aromatic carbocycles. The quantitative estimate of drug-likeness (QED) is 0.192. The van der Waals surface area contributed by atoms with E-state index in [1.54, 1.807) is 30.3 Å². The molecule has 0 saturated carbocycles. The Hall–Kier alpha value is -2.22. The van der Waals surface area contributed by atoms with E-state index in [-0.39, 0.29) is 17.5 Å². The number of ether oxygens (including phenoxy) is 1. The second-order valence-electron chi connectivity index (χ2n) is 7.02. The summed E-state index contributed by atoms with van der Waals surface area (Å²) in [6, 6.07) is 16.2. The molecular weight excluding hydrogens is 478 g/mol. The highest BCUT2D eigenvalue weighted by atomic mass is 79.9. The van der Waals surface area contributed by atoms with E-state index in [0.717, 1.165) is 11.1 Å². The number of allylic oxidation sites excluding steroid dienone is 1. The average molecular weight is 506 g/mol. The number of nitrogens with zero attached hydrogens (tertiary/aromatic N) is 1. The number of methoxy groups -OCH3 is 1. The number of esters is 1. The van der Waals surface area contributed by atoms with Gasteiger partial charge in [0, 0.05) is 24.0 Å². The van der Waals surface area contributed by atoms with E-state index in [9.17, 15) is 13.2 Å². The zero-order chi connectivity index (χ0) is 22.7. The van der Waals surface area contributed by atoms with Crippen molar-refractivity contribution >= 4 is 31.9 Å². The number of hydrogen-bond acceptors (Lipinski definition) is 4. The highest BCUT2D eigenvalue weighted by molar-refractivity contribution is 9.09. The predicted octanol–water partition coefficient (Wildman–Crippen LogP) is 4.67. The smallest absolute Gasteiger partial charge is 0.330 e. The largest absolute Gasteiger partial charge is 0.466 e. The molecule has 166 valence electrons. The molecule has 5 nitrogen and oxygen atoms in total. The Morgan fingerprint density at radius 3 is 2.35 bits per heavy atom. The van der Waals surface area contributed by atoms with Gasteiger partial charge in [-0.3, -0.25) is 0 Å². The number of halogens is 1. The Labute approximate surface area is 193 Å². The molecule has 2 aromatic rings. The van der Waals surface area contributed by atoms with Gasteiger partial charge in [0.2, 0.25) is 10.0 Å². The molecule has 0 radical (unpaired) electrons. The fourth-order valence-corrected chi connectivity index (χ4v) is 4.96. The Morgan fingerprint density at radius 2 is 1.74 bits per heavy atom. The number of sulfonamides is 1. The van der Waals surface area contributed by atoms with Gasteiger partial charge in [0.25, 0.3) is 0 Å². The number of hydrogen-bond donors (Lipinski definition) is 0. The van der Waals surface area contributed by atoms with Gasteiger partial charge in [0.15, 0.2) is 0 Å². The molecule has 0 N–H and O–H groups in total. The number of rotatable bonds is 11. The zero-order valence-corrected chi connectivity index (χ0v) is 20.2. The molecule has 0 aliphatic rings. The van der Waals surface area contributed by atoms with Crippen molar-refractivity contribution in [2.24, 2.45) is 0 Å². The normalized spacial score (nSPS) is 13.2. The minimum Gasteiger partial charge on any atom is -0.466 e. The Morgan fingerprint density at radius 1 is 1.06 bits per heavy atom. The van der Waals surface area contributed by atoms with E-state index in [0.29, 0.717) is 18.2 Å². The minimum atomic E-state index is -3.76. The monoisotopic (exact) mass is 505 g/mol. The van der Waals surface area contributed by atoms with E-state index in [1.807, 2.05) is 49.4 Å². The van der Waals surface area contributed by atoms with Crippen molar-refractivity contribution in [2.75, 3.05) is 19.0 Å². The van der Waals surface area contributed by atoms with Crippen LogP contribution in [0.1, 0.15) is 17.5 Å². The van der Waals surface area contributed by atoms with Crippen LogP contribution in [-0.2, 0) is 26.0 Å². The maximum atomic E-state index is 13.6. The van der Waals surface area contributed by atoms with Crippen LogP contribution in [0.15, 0.2) is 83.8 Å². The zero-order valence-electron chi connectivity index (χ0n) is 17.8. The van der Waals surface area contributed by atoms with Gasteiger partial charge in [-0.15, -0.1) is 0 Å². The molecule has 0 aliphatic heterocycles. The van der Waals surface area contributed by atoms with Crippen molar-refractivity contribution in [3.8, 4) is 0 Å². The fraction of sp³-hybridized carbons (Fsp3) is 0.292. The summed E-state index contributed by atoms with van der Waals surface area (Å²) < 4.78 is 33.3. The molecule has 1 atom stereocenters. The van der Waals surface area contributed by atoms with E-state index >= 15 is 0 Å². The van der Waals surface area contributed by atoms with Crippen LogP contribution in [0.3, 0.4) is 0 Å². The molecule has 0 saturated heterocycles. The van der Waals surface area contributed by atoms with Crippen molar-refractivity contribution in [2.45, 2.75) is 30.7 Å². The molecule has 0 heterocycles. The Bertz CT molecular complexity index is 986. The maximum Gasteiger partial charge on any atom is 0.330 e. The first kappa shape index (κ1) is 25.0. The summed E-state index contributed by atoms with van der Waals surface area (Å²) in [5, 5.41) is 0.636. The highest BCUT2D eigenvalue weighted by Gasteiger charge is 2.30. The van der Waals surface area contributed by atoms with Gasteiger partial charge in [-0.2, -0.15) is 4.31 Å². The van der Waals surface area contributed by atoms with Crippen LogP contribution < -0.4 is 0 Å². The van der Waals surface area contributed by atoms with Crippen molar-refractivity contribution in [1.82, 2.24) is 4.31 Å². The summed E-state index contributed by atoms with van der Waals surface area (Å²) in [5.41, 5.74) is 2.01. The number of carbonyl (C=O) groups excluding carboxylic acids is 1. The molecule has 0 aliphatic carbocycles. The Balaban J connectivity index is 2.44. The van der Waals surface area contributed by atoms with Crippen LogP contribution in [0.25, 0.3) is 0 Å². The lowest BCUT2D eigenvalue weighted by Gasteiger charge is -2.30. The van der Waals surface area contributed by atoms with Crippen LogP contribution in [0.5, 0.6) is 0 Å². The van der Waals surface area contributed by atoms with Crippen LogP contribution >= 0.6 is 15.9 Å². The molecule has 0 bridgehead atoms. The number of alkyl halides is 1. The van der Waals surface area contributed by atoms with Crippen molar-refractivity contribution < 1.29 is 17.9 Å². The topological polar surface area (TPSA) is 63.7 Å². The first-order valence-electron chi connectivity index (χ1n) is 9.96. The first-order valence-corrected chi connectivity index (χ1v) is 12.5. The summed E-state index contributed by atoms with van der Waals surface area (Å²) >= 11 is 3.34. The van der Waals surface area contributed by atoms with Gasteiger partial charge in [-0.25, -0.2) is 13.2 Å². The third kappa shape index (κ3) is 7.76. The summed E-state index contributed by atoms with van der Waals surface area (Å²) in [6.07, 6.45) is 7.61. The Kier molecular flexibility index (Phi) is 10.2. The third-order valence-electron chi connectivity index (χ3n) is 4.75. The summed E-state index contributed by atoms with van der Waals surface area (Å²) in [6.45, 7) is 2.15. The lowest BCUT2D eigenvalue weighted by atomic mass is 10.0. The van der Waals surface area contributed by atoms with Gasteiger partial charge in [-0.1, -0.05) is 82.2 Å². The molecule has 7 heteroatoms. The summed E-state index contributed by atoms with van der Waals surface area (Å²) in [5.74, 6) is -0.467. The molecule has 2 rings (SSSR count). The van der Waals surface area contributed by atoms with Gasteiger partial charge in [0.1, 0.15) is 0 Å². The average Bonchev–Trinajstić information content (AvgIpc) is 2.77. The molecular formula is C24H28BrNO4S. The van der Waals surface area contributed by atoms with Crippen molar-refractivity contribution in [3.63, 3.8) is 0 Å². The predicted molar refractivity (Wildman–Crippen MR) is 128 cm³/mol. The van der Waals surface area contributed by atoms with Crippen molar-refractivity contribution in [3.05, 3.63) is 90.0 Å². The molecule has 0 unspecified atom stereocenters. The lowest BCUT2D eigenvalue weighted by molar-refractivity contribution is -0.134. The third-order valence-corrected chi connectivity index (χ3v) is 7.06. The van der Waals surface area contributed by atoms with E-state index in [1.165, 1.54) is 17.5 Å². The standard InChI is InChI=1S/C24H28BrNO4S/c1-20-13-15-23(16-14-20)31(28,29)26(18-7-6-17-25)22(11-8-12-24(27)30-2)19-21-9-4-3-5-10-21/h3-10,12-16,22H,11,17-19H2,1-2H3/b7-6+,12-8-/t22-/m1/s1. The van der Waals surface area contributed by atoms with Gasteiger partial charge in [-0.05, 0) is 37.5 Å². The summed E-state index contributed by atoms with van der Waals surface area (Å²) in [7, 11) is -2.44. The molecule has 31 heavy (non-hydrogen) atoms. The van der Waals surface area contributed by atoms with Gasteiger partial charge < -0.3 is 4.74 Å². The SMILES string of the molecule is COC(=O)/C=C\C[C@H](Cc1ccccc1)N(C/C=C/CBr)S(=O)(=O)c1ccc(C)cc1. The van der Waals surface area contributed by atoms with E-state index < -0.39 is 16.0 Å². The number of carbonyl (C=O) groups is 1. The molecule has 0 amide bonds. The molecule has 0 aromatic heterocycles. The molecule has 0 spiro atoms. The van der Waals surface area contributed by atoms with E-state index in [2.05, 4.69) is 20.7 Å². The van der Waals surface area contributed by atoms with Crippen molar-refractivity contribution in [1.29, 1.82) is 0 Å². The van der Waals surface area contributed by atoms with Gasteiger partial charge >= 0.3 is 5.97 Å².